The minimum atomic E-state index is -0.420. The maximum atomic E-state index is 14.2. The van der Waals surface area contributed by atoms with Crippen LogP contribution in [0.1, 0.15) is 18.4 Å². The fourth-order valence-corrected chi connectivity index (χ4v) is 4.37. The van der Waals surface area contributed by atoms with Crippen molar-refractivity contribution >= 4 is 40.9 Å². The first-order chi connectivity index (χ1) is 13.0. The summed E-state index contributed by atoms with van der Waals surface area (Å²) in [6.45, 7) is 0.0758. The number of para-hydroxylation sites is 1. The lowest BCUT2D eigenvalue weighted by Gasteiger charge is -2.31. The Bertz CT molecular complexity index is 883. The van der Waals surface area contributed by atoms with Crippen molar-refractivity contribution in [3.8, 4) is 0 Å². The maximum absolute atomic E-state index is 14.2. The zero-order valence-electron chi connectivity index (χ0n) is 14.5. The van der Waals surface area contributed by atoms with Gasteiger partial charge in [0, 0.05) is 21.5 Å². The van der Waals surface area contributed by atoms with Gasteiger partial charge in [0.2, 0.25) is 11.8 Å². The number of halogens is 2. The lowest BCUT2D eigenvalue weighted by molar-refractivity contribution is -0.132. The quantitative estimate of drug-likeness (QED) is 0.753. The van der Waals surface area contributed by atoms with Crippen molar-refractivity contribution in [2.24, 2.45) is 0 Å². The number of thioether (sulfide) groups is 1. The molecule has 1 aliphatic heterocycles. The van der Waals surface area contributed by atoms with E-state index in [1.54, 1.807) is 17.0 Å². The predicted molar refractivity (Wildman–Crippen MR) is 105 cm³/mol. The first-order valence-electron chi connectivity index (χ1n) is 8.79. The molecule has 0 spiro atoms. The summed E-state index contributed by atoms with van der Waals surface area (Å²) in [4.78, 5) is 29.6. The van der Waals surface area contributed by atoms with Crippen molar-refractivity contribution in [3.05, 3.63) is 58.9 Å². The van der Waals surface area contributed by atoms with E-state index in [1.165, 1.54) is 22.7 Å². The van der Waals surface area contributed by atoms with Crippen LogP contribution in [0, 0.1) is 5.82 Å². The Morgan fingerprint density at radius 2 is 2.00 bits per heavy atom. The summed E-state index contributed by atoms with van der Waals surface area (Å²) in [6.07, 6.45) is 1.77. The molecule has 4 rings (SSSR count). The van der Waals surface area contributed by atoms with E-state index in [0.29, 0.717) is 16.3 Å². The van der Waals surface area contributed by atoms with Crippen molar-refractivity contribution in [3.63, 3.8) is 0 Å². The number of benzene rings is 2. The lowest BCUT2D eigenvalue weighted by atomic mass is 10.2. The van der Waals surface area contributed by atoms with Crippen LogP contribution in [0.3, 0.4) is 0 Å². The monoisotopic (exact) mass is 404 g/mol. The molecular formula is C20H18ClFN2O2S. The van der Waals surface area contributed by atoms with Crippen molar-refractivity contribution in [2.75, 3.05) is 17.2 Å². The number of rotatable bonds is 5. The number of carbonyl (C=O) groups is 2. The average molecular weight is 405 g/mol. The van der Waals surface area contributed by atoms with Gasteiger partial charge in [-0.05, 0) is 37.1 Å². The number of anilines is 1. The molecule has 0 aromatic heterocycles. The molecule has 2 amide bonds. The van der Waals surface area contributed by atoms with Crippen molar-refractivity contribution in [1.82, 2.24) is 4.90 Å². The Morgan fingerprint density at radius 3 is 2.74 bits per heavy atom. The number of carbonyl (C=O) groups excluding carboxylic acids is 2. The summed E-state index contributed by atoms with van der Waals surface area (Å²) in [6, 6.07) is 12.2. The van der Waals surface area contributed by atoms with E-state index in [2.05, 4.69) is 0 Å². The third-order valence-corrected chi connectivity index (χ3v) is 6.20. The van der Waals surface area contributed by atoms with Gasteiger partial charge in [0.25, 0.3) is 0 Å². The topological polar surface area (TPSA) is 40.6 Å². The van der Waals surface area contributed by atoms with Gasteiger partial charge in [0.1, 0.15) is 12.4 Å². The molecule has 2 aromatic carbocycles. The van der Waals surface area contributed by atoms with E-state index in [9.17, 15) is 14.0 Å². The highest BCUT2D eigenvalue weighted by Crippen LogP contribution is 2.36. The molecular weight excluding hydrogens is 387 g/mol. The van der Waals surface area contributed by atoms with Gasteiger partial charge in [0.05, 0.1) is 18.0 Å². The van der Waals surface area contributed by atoms with E-state index in [4.69, 9.17) is 11.6 Å². The Morgan fingerprint density at radius 1 is 1.22 bits per heavy atom. The fourth-order valence-electron chi connectivity index (χ4n) is 3.21. The zero-order valence-corrected chi connectivity index (χ0v) is 16.1. The lowest BCUT2D eigenvalue weighted by Crippen LogP contribution is -2.45. The average Bonchev–Trinajstić information content (AvgIpc) is 3.49. The Hall–Kier alpha value is -2.05. The van der Waals surface area contributed by atoms with Gasteiger partial charge in [-0.15, -0.1) is 11.8 Å². The smallest absolute Gasteiger partial charge is 0.243 e. The third-order valence-electron chi connectivity index (χ3n) is 4.80. The molecule has 4 nitrogen and oxygen atoms in total. The summed E-state index contributed by atoms with van der Waals surface area (Å²) in [5.41, 5.74) is 1.08. The third kappa shape index (κ3) is 3.82. The molecule has 0 bridgehead atoms. The standard InChI is InChI=1S/C20H18ClFN2O2S/c21-15-4-3-5-16(22)14(15)10-23(13-8-9-13)19(25)11-24-17-6-1-2-7-18(17)27-12-20(24)26/h1-7,13H,8-12H2. The van der Waals surface area contributed by atoms with Crippen LogP contribution in [-0.2, 0) is 16.1 Å². The summed E-state index contributed by atoms with van der Waals surface area (Å²) in [5.74, 6) is -0.386. The highest BCUT2D eigenvalue weighted by Gasteiger charge is 2.35. The summed E-state index contributed by atoms with van der Waals surface area (Å²) < 4.78 is 14.2. The molecule has 0 unspecified atom stereocenters. The van der Waals surface area contributed by atoms with Crippen LogP contribution in [0.15, 0.2) is 47.4 Å². The van der Waals surface area contributed by atoms with Gasteiger partial charge in [0.15, 0.2) is 0 Å². The SMILES string of the molecule is O=C1CSc2ccccc2N1CC(=O)N(Cc1c(F)cccc1Cl)C1CC1. The molecule has 2 aromatic rings. The predicted octanol–water partition coefficient (Wildman–Crippen LogP) is 4.11. The highest BCUT2D eigenvalue weighted by molar-refractivity contribution is 8.00. The summed E-state index contributed by atoms with van der Waals surface area (Å²) >= 11 is 7.62. The van der Waals surface area contributed by atoms with Crippen molar-refractivity contribution < 1.29 is 14.0 Å². The molecule has 1 heterocycles. The molecule has 0 atom stereocenters. The summed E-state index contributed by atoms with van der Waals surface area (Å²) in [7, 11) is 0. The molecule has 1 saturated carbocycles. The van der Waals surface area contributed by atoms with E-state index in [1.807, 2.05) is 24.3 Å². The fraction of sp³-hybridized carbons (Fsp3) is 0.300. The Balaban J connectivity index is 1.56. The number of fused-ring (bicyclic) bond motifs is 1. The van der Waals surface area contributed by atoms with E-state index >= 15 is 0 Å². The van der Waals surface area contributed by atoms with Crippen molar-refractivity contribution in [2.45, 2.75) is 30.3 Å². The molecule has 2 aliphatic rings. The number of hydrogen-bond acceptors (Lipinski definition) is 3. The molecule has 140 valence electrons. The molecule has 1 aliphatic carbocycles. The van der Waals surface area contributed by atoms with Crippen LogP contribution in [0.5, 0.6) is 0 Å². The molecule has 0 N–H and O–H groups in total. The Kier molecular flexibility index (Phi) is 5.10. The van der Waals surface area contributed by atoms with Crippen LogP contribution in [-0.4, -0.2) is 35.1 Å². The number of hydrogen-bond donors (Lipinski definition) is 0. The van der Waals surface area contributed by atoms with Crippen LogP contribution >= 0.6 is 23.4 Å². The first-order valence-corrected chi connectivity index (χ1v) is 10.2. The van der Waals surface area contributed by atoms with Crippen LogP contribution < -0.4 is 4.90 Å². The molecule has 0 radical (unpaired) electrons. The maximum Gasteiger partial charge on any atom is 0.243 e. The largest absolute Gasteiger partial charge is 0.334 e. The summed E-state index contributed by atoms with van der Waals surface area (Å²) in [5, 5.41) is 0.309. The van der Waals surface area contributed by atoms with Crippen LogP contribution in [0.2, 0.25) is 5.02 Å². The van der Waals surface area contributed by atoms with E-state index in [-0.39, 0.29) is 30.9 Å². The second kappa shape index (κ2) is 7.52. The van der Waals surface area contributed by atoms with E-state index < -0.39 is 5.82 Å². The molecule has 7 heteroatoms. The normalized spacial score (nSPS) is 16.2. The van der Waals surface area contributed by atoms with Crippen molar-refractivity contribution in [1.29, 1.82) is 0 Å². The zero-order chi connectivity index (χ0) is 19.0. The molecule has 27 heavy (non-hydrogen) atoms. The highest BCUT2D eigenvalue weighted by atomic mass is 35.5. The minimum Gasteiger partial charge on any atom is -0.334 e. The van der Waals surface area contributed by atoms with E-state index in [0.717, 1.165) is 23.4 Å². The van der Waals surface area contributed by atoms with Gasteiger partial charge < -0.3 is 9.80 Å². The first kappa shape index (κ1) is 18.3. The van der Waals surface area contributed by atoms with Crippen LogP contribution in [0.25, 0.3) is 0 Å². The Labute approximate surface area is 166 Å². The van der Waals surface area contributed by atoms with Gasteiger partial charge in [-0.3, -0.25) is 9.59 Å². The second-order valence-electron chi connectivity index (χ2n) is 6.69. The molecule has 1 fully saturated rings. The van der Waals surface area contributed by atoms with Crippen LogP contribution in [0.4, 0.5) is 10.1 Å². The van der Waals surface area contributed by atoms with Gasteiger partial charge in [-0.25, -0.2) is 4.39 Å². The van der Waals surface area contributed by atoms with Gasteiger partial charge in [-0.2, -0.15) is 0 Å². The number of nitrogens with zero attached hydrogens (tertiary/aromatic N) is 2. The second-order valence-corrected chi connectivity index (χ2v) is 8.11. The number of amides is 2. The molecule has 0 saturated heterocycles. The minimum absolute atomic E-state index is 0.0427. The van der Waals surface area contributed by atoms with Gasteiger partial charge >= 0.3 is 0 Å². The van der Waals surface area contributed by atoms with Gasteiger partial charge in [-0.1, -0.05) is 29.8 Å².